The van der Waals surface area contributed by atoms with Gasteiger partial charge in [-0.05, 0) is 6.07 Å². The molecular formula is C20H23N5O2S. The van der Waals surface area contributed by atoms with Gasteiger partial charge in [-0.3, -0.25) is 9.59 Å². The van der Waals surface area contributed by atoms with Gasteiger partial charge in [0.1, 0.15) is 0 Å². The Kier molecular flexibility index (Phi) is 6.05. The van der Waals surface area contributed by atoms with Crippen LogP contribution in [-0.4, -0.2) is 27.7 Å². The first-order valence-corrected chi connectivity index (χ1v) is 10.1. The zero-order chi connectivity index (χ0) is 20.1. The fraction of sp³-hybridized carbons (Fsp3) is 0.450. The lowest BCUT2D eigenvalue weighted by atomic mass is 10.0. The number of nitrogens with zero attached hydrogens (tertiary/aromatic N) is 4. The topological polar surface area (TPSA) is 88.7 Å². The first-order valence-electron chi connectivity index (χ1n) is 9.23. The Morgan fingerprint density at radius 1 is 1.36 bits per heavy atom. The van der Waals surface area contributed by atoms with Gasteiger partial charge in [0.25, 0.3) is 11.5 Å². The summed E-state index contributed by atoms with van der Waals surface area (Å²) in [7, 11) is 0. The van der Waals surface area contributed by atoms with Gasteiger partial charge in [-0.25, -0.2) is 4.98 Å². The summed E-state index contributed by atoms with van der Waals surface area (Å²) < 4.78 is 1.51. The summed E-state index contributed by atoms with van der Waals surface area (Å²) >= 11 is 1.58. The summed E-state index contributed by atoms with van der Waals surface area (Å²) in [6, 6.07) is 2.94. The average molecular weight is 398 g/mol. The maximum absolute atomic E-state index is 12.4. The number of carbonyl (C=O) groups excluding carboxylic acids is 1. The molecule has 8 heteroatoms. The predicted molar refractivity (Wildman–Crippen MR) is 109 cm³/mol. The molecule has 0 spiro atoms. The van der Waals surface area contributed by atoms with Crippen molar-refractivity contribution < 1.29 is 4.79 Å². The summed E-state index contributed by atoms with van der Waals surface area (Å²) in [6.45, 7) is 4.95. The van der Waals surface area contributed by atoms with Crippen LogP contribution in [0.1, 0.15) is 60.1 Å². The van der Waals surface area contributed by atoms with Gasteiger partial charge in [0, 0.05) is 49.4 Å². The normalized spacial score (nSPS) is 14.1. The van der Waals surface area contributed by atoms with Gasteiger partial charge in [-0.15, -0.1) is 23.7 Å². The number of terminal acetylenes is 1. The molecule has 146 valence electrons. The molecule has 0 bridgehead atoms. The quantitative estimate of drug-likeness (QED) is 0.659. The van der Waals surface area contributed by atoms with Crippen LogP contribution >= 0.6 is 11.3 Å². The molecule has 3 rings (SSSR count). The standard InChI is InChI=1S/C20H23N5O2S/c1-4-5-8-20(23-24-20)9-10-21-18(27)15-6-7-17(26)25(11-15)12-16-13-28-19(22-16)14(2)3/h1,6-7,11,13-14H,5,8-10,12H2,2-3H3,(H,21,27). The van der Waals surface area contributed by atoms with E-state index in [1.165, 1.54) is 16.7 Å². The lowest BCUT2D eigenvalue weighted by Crippen LogP contribution is -2.30. The largest absolute Gasteiger partial charge is 0.352 e. The molecule has 0 saturated heterocycles. The zero-order valence-electron chi connectivity index (χ0n) is 16.0. The van der Waals surface area contributed by atoms with Crippen molar-refractivity contribution in [1.29, 1.82) is 0 Å². The molecule has 0 aliphatic carbocycles. The van der Waals surface area contributed by atoms with Crippen molar-refractivity contribution in [1.82, 2.24) is 14.9 Å². The number of aromatic nitrogens is 2. The lowest BCUT2D eigenvalue weighted by molar-refractivity contribution is 0.0951. The minimum Gasteiger partial charge on any atom is -0.352 e. The number of pyridine rings is 1. The molecule has 7 nitrogen and oxygen atoms in total. The van der Waals surface area contributed by atoms with Crippen LogP contribution < -0.4 is 10.9 Å². The highest BCUT2D eigenvalue weighted by atomic mass is 32.1. The first kappa shape index (κ1) is 20.0. The highest BCUT2D eigenvalue weighted by Gasteiger charge is 2.38. The van der Waals surface area contributed by atoms with E-state index in [0.717, 1.165) is 10.7 Å². The van der Waals surface area contributed by atoms with Crippen molar-refractivity contribution in [2.75, 3.05) is 6.54 Å². The number of hydrogen-bond acceptors (Lipinski definition) is 6. The molecule has 0 saturated carbocycles. The molecule has 0 radical (unpaired) electrons. The SMILES string of the molecule is C#CCCC1(CCNC(=O)c2ccc(=O)n(Cc3csc(C(C)C)n3)c2)N=N1. The first-order chi connectivity index (χ1) is 13.4. The van der Waals surface area contributed by atoms with Crippen molar-refractivity contribution >= 4 is 17.2 Å². The minimum atomic E-state index is -0.419. The van der Waals surface area contributed by atoms with Crippen LogP contribution in [0.25, 0.3) is 0 Å². The number of nitrogens with one attached hydrogen (secondary N) is 1. The van der Waals surface area contributed by atoms with E-state index >= 15 is 0 Å². The van der Waals surface area contributed by atoms with Crippen LogP contribution in [0.2, 0.25) is 0 Å². The van der Waals surface area contributed by atoms with E-state index in [2.05, 4.69) is 40.3 Å². The molecule has 28 heavy (non-hydrogen) atoms. The summed E-state index contributed by atoms with van der Waals surface area (Å²) in [5, 5.41) is 14.0. The van der Waals surface area contributed by atoms with Crippen LogP contribution in [0.3, 0.4) is 0 Å². The van der Waals surface area contributed by atoms with Gasteiger partial charge < -0.3 is 9.88 Å². The van der Waals surface area contributed by atoms with E-state index in [9.17, 15) is 9.59 Å². The molecular weight excluding hydrogens is 374 g/mol. The fourth-order valence-corrected chi connectivity index (χ4v) is 3.60. The maximum Gasteiger partial charge on any atom is 0.252 e. The molecule has 0 unspecified atom stereocenters. The fourth-order valence-electron chi connectivity index (χ4n) is 2.77. The van der Waals surface area contributed by atoms with Crippen molar-refractivity contribution in [2.45, 2.75) is 51.2 Å². The van der Waals surface area contributed by atoms with E-state index in [0.29, 0.717) is 43.8 Å². The van der Waals surface area contributed by atoms with Crippen molar-refractivity contribution in [3.05, 3.63) is 50.3 Å². The molecule has 3 heterocycles. The molecule has 0 atom stereocenters. The van der Waals surface area contributed by atoms with Crippen LogP contribution in [0.4, 0.5) is 0 Å². The third-order valence-electron chi connectivity index (χ3n) is 4.50. The predicted octanol–water partition coefficient (Wildman–Crippen LogP) is 3.17. The number of rotatable bonds is 9. The van der Waals surface area contributed by atoms with Gasteiger partial charge in [-0.2, -0.15) is 10.2 Å². The smallest absolute Gasteiger partial charge is 0.252 e. The molecule has 1 N–H and O–H groups in total. The molecule has 1 amide bonds. The Labute approximate surface area is 167 Å². The third-order valence-corrected chi connectivity index (χ3v) is 5.70. The Hall–Kier alpha value is -2.79. The number of amides is 1. The van der Waals surface area contributed by atoms with Crippen LogP contribution in [-0.2, 0) is 6.54 Å². The van der Waals surface area contributed by atoms with E-state index in [1.54, 1.807) is 17.5 Å². The molecule has 1 aliphatic rings. The zero-order valence-corrected chi connectivity index (χ0v) is 16.8. The Morgan fingerprint density at radius 2 is 2.14 bits per heavy atom. The highest BCUT2D eigenvalue weighted by molar-refractivity contribution is 7.09. The second-order valence-corrected chi connectivity index (χ2v) is 8.00. The molecule has 1 aliphatic heterocycles. The average Bonchev–Trinajstić information content (AvgIpc) is 3.28. The molecule has 2 aromatic heterocycles. The van der Waals surface area contributed by atoms with Gasteiger partial charge in [0.2, 0.25) is 0 Å². The van der Waals surface area contributed by atoms with E-state index in [4.69, 9.17) is 6.42 Å². The molecule has 0 aromatic carbocycles. The molecule has 2 aromatic rings. The Bertz CT molecular complexity index is 977. The Morgan fingerprint density at radius 3 is 2.79 bits per heavy atom. The maximum atomic E-state index is 12.4. The van der Waals surface area contributed by atoms with E-state index in [1.807, 2.05) is 5.38 Å². The minimum absolute atomic E-state index is 0.167. The number of carbonyl (C=O) groups is 1. The summed E-state index contributed by atoms with van der Waals surface area (Å²) in [6.07, 6.45) is 8.79. The molecule has 0 fully saturated rings. The lowest BCUT2D eigenvalue weighted by Gasteiger charge is -2.11. The van der Waals surface area contributed by atoms with E-state index < -0.39 is 5.66 Å². The monoisotopic (exact) mass is 397 g/mol. The summed E-state index contributed by atoms with van der Waals surface area (Å²) in [5.41, 5.74) is 0.665. The van der Waals surface area contributed by atoms with Gasteiger partial charge >= 0.3 is 0 Å². The van der Waals surface area contributed by atoms with Crippen molar-refractivity contribution in [2.24, 2.45) is 10.2 Å². The van der Waals surface area contributed by atoms with Gasteiger partial charge in [0.05, 0.1) is 22.8 Å². The number of hydrogen-bond donors (Lipinski definition) is 1. The second-order valence-electron chi connectivity index (χ2n) is 7.11. The second kappa shape index (κ2) is 8.48. The summed E-state index contributed by atoms with van der Waals surface area (Å²) in [5.74, 6) is 2.70. The van der Waals surface area contributed by atoms with Crippen LogP contribution in [0.15, 0.2) is 38.7 Å². The van der Waals surface area contributed by atoms with Gasteiger partial charge in [0.15, 0.2) is 5.66 Å². The number of thiazole rings is 1. The highest BCUT2D eigenvalue weighted by Crippen LogP contribution is 2.36. The van der Waals surface area contributed by atoms with Crippen LogP contribution in [0.5, 0.6) is 0 Å². The third kappa shape index (κ3) is 4.93. The van der Waals surface area contributed by atoms with Gasteiger partial charge in [-0.1, -0.05) is 13.8 Å². The van der Waals surface area contributed by atoms with E-state index in [-0.39, 0.29) is 11.5 Å². The van der Waals surface area contributed by atoms with Crippen LogP contribution in [0, 0.1) is 12.3 Å². The summed E-state index contributed by atoms with van der Waals surface area (Å²) in [4.78, 5) is 29.2. The van der Waals surface area contributed by atoms with Crippen molar-refractivity contribution in [3.63, 3.8) is 0 Å². The Balaban J connectivity index is 1.59. The van der Waals surface area contributed by atoms with Crippen molar-refractivity contribution in [3.8, 4) is 12.3 Å².